The van der Waals surface area contributed by atoms with Crippen molar-refractivity contribution < 1.29 is 9.53 Å². The lowest BCUT2D eigenvalue weighted by Gasteiger charge is -2.51. The molecule has 5 atom stereocenters. The molecule has 1 aromatic carbocycles. The van der Waals surface area contributed by atoms with Gasteiger partial charge >= 0.3 is 5.97 Å². The number of rotatable bonds is 2. The fourth-order valence-corrected chi connectivity index (χ4v) is 5.23. The van der Waals surface area contributed by atoms with Crippen LogP contribution in [0.25, 0.3) is 4.85 Å². The number of carbonyl (C=O) groups excluding carboxylic acids is 1. The second kappa shape index (κ2) is 6.14. The van der Waals surface area contributed by atoms with E-state index in [0.717, 1.165) is 30.4 Å². The van der Waals surface area contributed by atoms with Crippen LogP contribution in [0.4, 0.5) is 5.69 Å². The lowest BCUT2D eigenvalue weighted by Crippen LogP contribution is -2.59. The van der Waals surface area contributed by atoms with Gasteiger partial charge in [0, 0.05) is 5.41 Å². The van der Waals surface area contributed by atoms with Gasteiger partial charge in [-0.3, -0.25) is 0 Å². The average Bonchev–Trinajstić information content (AvgIpc) is 2.82. The quantitative estimate of drug-likeness (QED) is 0.648. The summed E-state index contributed by atoms with van der Waals surface area (Å²) in [5.74, 6) is 1.26. The molecule has 2 aliphatic carbocycles. The zero-order valence-corrected chi connectivity index (χ0v) is 15.6. The lowest BCUT2D eigenvalue weighted by molar-refractivity contribution is -0.159. The molecule has 134 valence electrons. The van der Waals surface area contributed by atoms with Gasteiger partial charge in [-0.2, -0.15) is 0 Å². The molecule has 1 aromatic rings. The van der Waals surface area contributed by atoms with Gasteiger partial charge in [-0.1, -0.05) is 39.0 Å². The third kappa shape index (κ3) is 2.48. The molecule has 0 aliphatic heterocycles. The van der Waals surface area contributed by atoms with Crippen molar-refractivity contribution in [1.82, 2.24) is 0 Å². The molecule has 3 rings (SSSR count). The predicted molar refractivity (Wildman–Crippen MR) is 98.1 cm³/mol. The zero-order chi connectivity index (χ0) is 18.4. The molecule has 0 radical (unpaired) electrons. The molecule has 0 bridgehead atoms. The van der Waals surface area contributed by atoms with E-state index < -0.39 is 5.54 Å². The first kappa shape index (κ1) is 17.9. The van der Waals surface area contributed by atoms with E-state index in [2.05, 4.69) is 25.6 Å². The molecule has 0 aromatic heterocycles. The van der Waals surface area contributed by atoms with E-state index in [9.17, 15) is 4.79 Å². The fraction of sp³-hybridized carbons (Fsp3) is 0.619. The van der Waals surface area contributed by atoms with Crippen molar-refractivity contribution in [3.63, 3.8) is 0 Å². The lowest BCUT2D eigenvalue weighted by atomic mass is 9.55. The molecule has 0 heterocycles. The minimum atomic E-state index is -1.16. The average molecular weight is 340 g/mol. The number of benzene rings is 1. The van der Waals surface area contributed by atoms with E-state index >= 15 is 0 Å². The zero-order valence-electron chi connectivity index (χ0n) is 15.6. The number of nitrogens with zero attached hydrogens (tertiary/aromatic N) is 1. The Morgan fingerprint density at radius 2 is 1.96 bits per heavy atom. The molecule has 4 heteroatoms. The second-order valence-electron chi connectivity index (χ2n) is 8.16. The molecule has 4 nitrogen and oxygen atoms in total. The summed E-state index contributed by atoms with van der Waals surface area (Å²) in [5, 5.41) is 0. The minimum Gasteiger partial charge on any atom is -0.464 e. The summed E-state index contributed by atoms with van der Waals surface area (Å²) in [7, 11) is 0. The molecule has 0 saturated heterocycles. The van der Waals surface area contributed by atoms with Crippen LogP contribution in [0, 0.1) is 29.7 Å². The highest BCUT2D eigenvalue weighted by Crippen LogP contribution is 2.60. The molecule has 1 saturated carbocycles. The Labute approximate surface area is 150 Å². The van der Waals surface area contributed by atoms with Crippen molar-refractivity contribution in [3.8, 4) is 0 Å². The molecule has 25 heavy (non-hydrogen) atoms. The number of fused-ring (bicyclic) bond motifs is 1. The maximum absolute atomic E-state index is 13.1. The van der Waals surface area contributed by atoms with E-state index in [4.69, 9.17) is 17.0 Å². The monoisotopic (exact) mass is 340 g/mol. The first-order valence-corrected chi connectivity index (χ1v) is 9.26. The highest BCUT2D eigenvalue weighted by atomic mass is 16.5. The van der Waals surface area contributed by atoms with Crippen LogP contribution in [0.5, 0.6) is 0 Å². The molecule has 2 N–H and O–H groups in total. The molecular weight excluding hydrogens is 312 g/mol. The topological polar surface area (TPSA) is 56.7 Å². The summed E-state index contributed by atoms with van der Waals surface area (Å²) in [6.45, 7) is 16.3. The van der Waals surface area contributed by atoms with Crippen molar-refractivity contribution in [2.24, 2.45) is 28.9 Å². The van der Waals surface area contributed by atoms with Crippen molar-refractivity contribution in [3.05, 3.63) is 40.7 Å². The van der Waals surface area contributed by atoms with Crippen LogP contribution in [-0.4, -0.2) is 12.6 Å². The minimum absolute atomic E-state index is 0.313. The van der Waals surface area contributed by atoms with Crippen LogP contribution in [0.2, 0.25) is 0 Å². The molecule has 1 spiro atoms. The Morgan fingerprint density at radius 3 is 2.52 bits per heavy atom. The summed E-state index contributed by atoms with van der Waals surface area (Å²) in [6.07, 6.45) is 2.61. The third-order valence-electron chi connectivity index (χ3n) is 6.83. The third-order valence-corrected chi connectivity index (χ3v) is 6.83. The van der Waals surface area contributed by atoms with Crippen LogP contribution in [-0.2, 0) is 21.5 Å². The van der Waals surface area contributed by atoms with Crippen molar-refractivity contribution >= 4 is 11.7 Å². The van der Waals surface area contributed by atoms with Gasteiger partial charge in [0.2, 0.25) is 0 Å². The molecule has 2 unspecified atom stereocenters. The second-order valence-corrected chi connectivity index (χ2v) is 8.16. The van der Waals surface area contributed by atoms with Gasteiger partial charge in [0.25, 0.3) is 0 Å². The Balaban J connectivity index is 2.16. The summed E-state index contributed by atoms with van der Waals surface area (Å²) < 4.78 is 5.44. The van der Waals surface area contributed by atoms with Gasteiger partial charge in [-0.05, 0) is 55.1 Å². The SMILES string of the molecule is [C-]#[N+]c1ccc2c(c1)[C@@](N)(C(=O)OCC)C1(C2)C[C@@H](C)C(C)[C@@H](C)C1. The van der Waals surface area contributed by atoms with Gasteiger partial charge < -0.3 is 10.5 Å². The van der Waals surface area contributed by atoms with Crippen molar-refractivity contribution in [2.45, 2.75) is 52.5 Å². The number of hydrogen-bond acceptors (Lipinski definition) is 3. The maximum Gasteiger partial charge on any atom is 0.331 e. The summed E-state index contributed by atoms with van der Waals surface area (Å²) in [5.41, 5.74) is 7.86. The Bertz CT molecular complexity index is 724. The van der Waals surface area contributed by atoms with Crippen molar-refractivity contribution in [2.75, 3.05) is 6.61 Å². The van der Waals surface area contributed by atoms with E-state index in [-0.39, 0.29) is 11.4 Å². The van der Waals surface area contributed by atoms with Gasteiger partial charge in [0.15, 0.2) is 5.69 Å². The highest BCUT2D eigenvalue weighted by molar-refractivity contribution is 5.86. The number of hydrogen-bond donors (Lipinski definition) is 1. The number of ether oxygens (including phenoxy) is 1. The van der Waals surface area contributed by atoms with Gasteiger partial charge in [0.05, 0.1) is 13.2 Å². The predicted octanol–water partition coefficient (Wildman–Crippen LogP) is 4.20. The van der Waals surface area contributed by atoms with E-state index in [1.165, 1.54) is 0 Å². The normalized spacial score (nSPS) is 36.7. The smallest absolute Gasteiger partial charge is 0.331 e. The van der Waals surface area contributed by atoms with Crippen LogP contribution < -0.4 is 5.73 Å². The largest absolute Gasteiger partial charge is 0.464 e. The standard InChI is InChI=1S/C21H28N2O2/c1-6-25-19(24)21(22)18-9-17(23-5)8-7-16(18)12-20(21)10-13(2)15(4)14(3)11-20/h7-9,13-15H,6,10-12,22H2,1-4H3/t13-,14+,15?,20?,21-/m1/s1. The first-order valence-electron chi connectivity index (χ1n) is 9.26. The van der Waals surface area contributed by atoms with Crippen LogP contribution >= 0.6 is 0 Å². The Hall–Kier alpha value is -1.86. The summed E-state index contributed by atoms with van der Waals surface area (Å²) in [6, 6.07) is 5.61. The molecule has 2 aliphatic rings. The number of nitrogens with two attached hydrogens (primary N) is 1. The molecule has 1 fully saturated rings. The van der Waals surface area contributed by atoms with E-state index in [0.29, 0.717) is 30.0 Å². The maximum atomic E-state index is 13.1. The van der Waals surface area contributed by atoms with E-state index in [1.807, 2.05) is 19.1 Å². The highest BCUT2D eigenvalue weighted by Gasteiger charge is 2.62. The van der Waals surface area contributed by atoms with E-state index in [1.54, 1.807) is 6.07 Å². The van der Waals surface area contributed by atoms with Crippen LogP contribution in [0.15, 0.2) is 18.2 Å². The first-order chi connectivity index (χ1) is 11.8. The summed E-state index contributed by atoms with van der Waals surface area (Å²) >= 11 is 0. The number of carbonyl (C=O) groups is 1. The van der Waals surface area contributed by atoms with Crippen LogP contribution in [0.3, 0.4) is 0 Å². The van der Waals surface area contributed by atoms with Gasteiger partial charge in [-0.25, -0.2) is 9.64 Å². The summed E-state index contributed by atoms with van der Waals surface area (Å²) in [4.78, 5) is 16.6. The molecule has 0 amide bonds. The molecular formula is C21H28N2O2. The van der Waals surface area contributed by atoms with Gasteiger partial charge in [0.1, 0.15) is 5.54 Å². The number of esters is 1. The fourth-order valence-electron chi connectivity index (χ4n) is 5.23. The Morgan fingerprint density at radius 1 is 1.32 bits per heavy atom. The van der Waals surface area contributed by atoms with Crippen LogP contribution in [0.1, 0.15) is 51.7 Å². The Kier molecular flexibility index (Phi) is 4.41. The van der Waals surface area contributed by atoms with Gasteiger partial charge in [-0.15, -0.1) is 0 Å². The van der Waals surface area contributed by atoms with Crippen molar-refractivity contribution in [1.29, 1.82) is 0 Å².